The Bertz CT molecular complexity index is 447. The molecular weight excluding hydrogens is 280 g/mol. The number of nitrogens with zero attached hydrogens (tertiary/aromatic N) is 1. The number of hydrogen-bond acceptors (Lipinski definition) is 3. The summed E-state index contributed by atoms with van der Waals surface area (Å²) in [5.41, 5.74) is -0.297. The number of carbonyl (C=O) groups is 1. The van der Waals surface area contributed by atoms with Crippen molar-refractivity contribution in [3.8, 4) is 0 Å². The molecule has 0 spiro atoms. The monoisotopic (exact) mass is 308 g/mol. The van der Waals surface area contributed by atoms with Crippen LogP contribution in [0.2, 0.25) is 0 Å². The molecule has 0 radical (unpaired) electrons. The topological polar surface area (TPSA) is 32.3 Å². The van der Waals surface area contributed by atoms with Gasteiger partial charge in [0.25, 0.3) is 0 Å². The van der Waals surface area contributed by atoms with Crippen LogP contribution in [-0.2, 0) is 11.3 Å². The van der Waals surface area contributed by atoms with E-state index in [4.69, 9.17) is 0 Å². The van der Waals surface area contributed by atoms with Gasteiger partial charge in [-0.25, -0.2) is 0 Å². The first-order valence-electron chi connectivity index (χ1n) is 7.97. The number of amides is 1. The molecule has 0 aromatic carbocycles. The first kappa shape index (κ1) is 16.5. The van der Waals surface area contributed by atoms with E-state index < -0.39 is 0 Å². The van der Waals surface area contributed by atoms with Gasteiger partial charge >= 0.3 is 0 Å². The fraction of sp³-hybridized carbons (Fsp3) is 0.706. The lowest BCUT2D eigenvalue weighted by Crippen LogP contribution is -2.50. The van der Waals surface area contributed by atoms with E-state index in [1.54, 1.807) is 11.3 Å². The van der Waals surface area contributed by atoms with E-state index in [0.717, 1.165) is 26.1 Å². The molecule has 1 N–H and O–H groups in total. The van der Waals surface area contributed by atoms with Crippen LogP contribution in [0.5, 0.6) is 0 Å². The third kappa shape index (κ3) is 3.86. The Kier molecular flexibility index (Phi) is 5.44. The molecule has 0 saturated carbocycles. The van der Waals surface area contributed by atoms with Gasteiger partial charge in [0.15, 0.2) is 0 Å². The minimum atomic E-state index is -0.297. The molecule has 2 rings (SSSR count). The van der Waals surface area contributed by atoms with Gasteiger partial charge < -0.3 is 10.2 Å². The second-order valence-corrected chi connectivity index (χ2v) is 7.90. The fourth-order valence-electron chi connectivity index (χ4n) is 3.07. The van der Waals surface area contributed by atoms with Crippen LogP contribution in [-0.4, -0.2) is 29.9 Å². The van der Waals surface area contributed by atoms with E-state index in [2.05, 4.69) is 50.5 Å². The van der Waals surface area contributed by atoms with Crippen molar-refractivity contribution in [2.75, 3.05) is 13.1 Å². The first-order chi connectivity index (χ1) is 9.93. The summed E-state index contributed by atoms with van der Waals surface area (Å²) in [6.45, 7) is 11.3. The van der Waals surface area contributed by atoms with Gasteiger partial charge in [0.1, 0.15) is 0 Å². The van der Waals surface area contributed by atoms with Crippen molar-refractivity contribution < 1.29 is 4.79 Å². The summed E-state index contributed by atoms with van der Waals surface area (Å²) in [5.74, 6) is 0.725. The van der Waals surface area contributed by atoms with Crippen molar-refractivity contribution in [2.24, 2.45) is 11.3 Å². The Hall–Kier alpha value is -0.870. The third-order valence-corrected chi connectivity index (χ3v) is 5.52. The molecule has 1 aromatic heterocycles. The number of hydrogen-bond donors (Lipinski definition) is 1. The van der Waals surface area contributed by atoms with Crippen LogP contribution in [0.4, 0.5) is 0 Å². The predicted molar refractivity (Wildman–Crippen MR) is 89.4 cm³/mol. The molecule has 118 valence electrons. The van der Waals surface area contributed by atoms with Crippen molar-refractivity contribution in [3.05, 3.63) is 22.4 Å². The van der Waals surface area contributed by atoms with Crippen molar-refractivity contribution in [1.82, 2.24) is 10.2 Å². The fourth-order valence-corrected chi connectivity index (χ4v) is 3.77. The van der Waals surface area contributed by atoms with Gasteiger partial charge in [0, 0.05) is 16.3 Å². The Morgan fingerprint density at radius 3 is 2.81 bits per heavy atom. The number of piperidine rings is 1. The zero-order valence-corrected chi connectivity index (χ0v) is 14.5. The highest BCUT2D eigenvalue weighted by Crippen LogP contribution is 2.35. The highest BCUT2D eigenvalue weighted by atomic mass is 32.1. The number of rotatable bonds is 5. The van der Waals surface area contributed by atoms with E-state index in [0.29, 0.717) is 11.8 Å². The van der Waals surface area contributed by atoms with Crippen LogP contribution < -0.4 is 5.32 Å². The molecule has 0 bridgehead atoms. The van der Waals surface area contributed by atoms with E-state index in [9.17, 15) is 4.79 Å². The van der Waals surface area contributed by atoms with Crippen molar-refractivity contribution in [2.45, 2.75) is 53.1 Å². The van der Waals surface area contributed by atoms with Crippen LogP contribution in [0.3, 0.4) is 0 Å². The lowest BCUT2D eigenvalue weighted by atomic mass is 9.73. The van der Waals surface area contributed by atoms with Crippen LogP contribution in [0, 0.1) is 11.3 Å². The normalized spacial score (nSPS) is 19.8. The van der Waals surface area contributed by atoms with Gasteiger partial charge in [0.2, 0.25) is 5.91 Å². The maximum absolute atomic E-state index is 13.1. The molecule has 1 fully saturated rings. The summed E-state index contributed by atoms with van der Waals surface area (Å²) in [7, 11) is 0. The van der Waals surface area contributed by atoms with Gasteiger partial charge in [-0.3, -0.25) is 4.79 Å². The number of nitrogens with one attached hydrogen (secondary N) is 1. The summed E-state index contributed by atoms with van der Waals surface area (Å²) in [5, 5.41) is 5.52. The number of thiophene rings is 1. The smallest absolute Gasteiger partial charge is 0.229 e. The second-order valence-electron chi connectivity index (χ2n) is 6.87. The molecule has 1 aliphatic rings. The van der Waals surface area contributed by atoms with Gasteiger partial charge in [-0.15, -0.1) is 11.3 Å². The zero-order chi connectivity index (χ0) is 15.5. The molecule has 1 amide bonds. The predicted octanol–water partition coefficient (Wildman–Crippen LogP) is 3.51. The quantitative estimate of drug-likeness (QED) is 0.903. The summed E-state index contributed by atoms with van der Waals surface area (Å²) in [6.07, 6.45) is 2.32. The average Bonchev–Trinajstić information content (AvgIpc) is 2.97. The van der Waals surface area contributed by atoms with Crippen LogP contribution in [0.25, 0.3) is 0 Å². The third-order valence-electron chi connectivity index (χ3n) is 4.66. The molecule has 1 aromatic rings. The largest absolute Gasteiger partial charge is 0.335 e. The molecule has 2 heterocycles. The Morgan fingerprint density at radius 2 is 2.29 bits per heavy atom. The molecule has 0 aliphatic carbocycles. The maximum atomic E-state index is 13.1. The summed E-state index contributed by atoms with van der Waals surface area (Å²) < 4.78 is 0. The Balaban J connectivity index is 2.12. The molecule has 1 atom stereocenters. The van der Waals surface area contributed by atoms with Gasteiger partial charge in [-0.1, -0.05) is 19.9 Å². The molecular formula is C17H28N2OS. The van der Waals surface area contributed by atoms with Gasteiger partial charge in [-0.05, 0) is 57.1 Å². The molecule has 21 heavy (non-hydrogen) atoms. The van der Waals surface area contributed by atoms with E-state index >= 15 is 0 Å². The summed E-state index contributed by atoms with van der Waals surface area (Å²) >= 11 is 1.73. The van der Waals surface area contributed by atoms with Crippen LogP contribution >= 0.6 is 11.3 Å². The molecule has 3 nitrogen and oxygen atoms in total. The van der Waals surface area contributed by atoms with E-state index in [1.807, 2.05) is 4.90 Å². The number of carbonyl (C=O) groups excluding carboxylic acids is 1. The second kappa shape index (κ2) is 6.93. The van der Waals surface area contributed by atoms with E-state index in [-0.39, 0.29) is 11.5 Å². The SMILES string of the molecule is CC(C)N(Cc1cccs1)C(=O)C(C)(C)C1CCCNC1. The van der Waals surface area contributed by atoms with Crippen LogP contribution in [0.15, 0.2) is 17.5 Å². The van der Waals surface area contributed by atoms with E-state index in [1.165, 1.54) is 11.3 Å². The standard InChI is InChI=1S/C17H28N2OS/c1-13(2)19(12-15-8-6-10-21-15)16(20)17(3,4)14-7-5-9-18-11-14/h6,8,10,13-14,18H,5,7,9,11-12H2,1-4H3. The highest BCUT2D eigenvalue weighted by molar-refractivity contribution is 7.09. The molecule has 1 aliphatic heterocycles. The molecule has 1 saturated heterocycles. The van der Waals surface area contributed by atoms with Crippen LogP contribution in [0.1, 0.15) is 45.4 Å². The average molecular weight is 308 g/mol. The minimum Gasteiger partial charge on any atom is -0.335 e. The lowest BCUT2D eigenvalue weighted by molar-refractivity contribution is -0.146. The minimum absolute atomic E-state index is 0.232. The molecule has 4 heteroatoms. The van der Waals surface area contributed by atoms with Crippen molar-refractivity contribution >= 4 is 17.2 Å². The molecule has 1 unspecified atom stereocenters. The summed E-state index contributed by atoms with van der Waals surface area (Å²) in [6, 6.07) is 4.40. The first-order valence-corrected chi connectivity index (χ1v) is 8.85. The maximum Gasteiger partial charge on any atom is 0.229 e. The Morgan fingerprint density at radius 1 is 1.52 bits per heavy atom. The highest BCUT2D eigenvalue weighted by Gasteiger charge is 2.40. The van der Waals surface area contributed by atoms with Crippen molar-refractivity contribution in [1.29, 1.82) is 0 Å². The Labute approximate surface area is 132 Å². The lowest BCUT2D eigenvalue weighted by Gasteiger charge is -2.41. The van der Waals surface area contributed by atoms with Gasteiger partial charge in [0.05, 0.1) is 6.54 Å². The van der Waals surface area contributed by atoms with Crippen molar-refractivity contribution in [3.63, 3.8) is 0 Å². The zero-order valence-electron chi connectivity index (χ0n) is 13.7. The summed E-state index contributed by atoms with van der Waals surface area (Å²) in [4.78, 5) is 16.4. The van der Waals surface area contributed by atoms with Gasteiger partial charge in [-0.2, -0.15) is 0 Å².